The van der Waals surface area contributed by atoms with E-state index < -0.39 is 5.91 Å². The molecule has 0 saturated carbocycles. The van der Waals surface area contributed by atoms with Crippen LogP contribution in [0.4, 0.5) is 0 Å². The summed E-state index contributed by atoms with van der Waals surface area (Å²) in [6.45, 7) is 2.21. The minimum absolute atomic E-state index is 0.0411. The summed E-state index contributed by atoms with van der Waals surface area (Å²) >= 11 is 0. The first-order valence-electron chi connectivity index (χ1n) is 3.57. The van der Waals surface area contributed by atoms with Crippen molar-refractivity contribution in [1.82, 2.24) is 10.4 Å². The summed E-state index contributed by atoms with van der Waals surface area (Å²) in [5.41, 5.74) is 2.36. The lowest BCUT2D eigenvalue weighted by molar-refractivity contribution is -0.126. The van der Waals surface area contributed by atoms with Crippen LogP contribution in [0.1, 0.15) is 6.92 Å². The van der Waals surface area contributed by atoms with Gasteiger partial charge in [-0.1, -0.05) is 0 Å². The van der Waals surface area contributed by atoms with Crippen molar-refractivity contribution in [1.29, 1.82) is 0 Å². The minimum Gasteiger partial charge on any atom is -0.500 e. The van der Waals surface area contributed by atoms with Crippen LogP contribution in [-0.2, 0) is 14.3 Å². The van der Waals surface area contributed by atoms with Crippen molar-refractivity contribution in [3.05, 3.63) is 11.8 Å². The van der Waals surface area contributed by atoms with Crippen LogP contribution in [0, 0.1) is 0 Å². The number of hydrazine groups is 1. The molecular weight excluding hydrogens is 160 g/mol. The van der Waals surface area contributed by atoms with Gasteiger partial charge in [0.05, 0.1) is 6.61 Å². The number of rotatable bonds is 2. The van der Waals surface area contributed by atoms with Crippen molar-refractivity contribution in [2.45, 2.75) is 6.92 Å². The Morgan fingerprint density at radius 1 is 1.58 bits per heavy atom. The van der Waals surface area contributed by atoms with Crippen molar-refractivity contribution >= 4 is 11.8 Å². The number of hydrogen-bond donors (Lipinski definition) is 1. The summed E-state index contributed by atoms with van der Waals surface area (Å²) in [6, 6.07) is 0. The van der Waals surface area contributed by atoms with E-state index in [0.29, 0.717) is 6.61 Å². The first-order valence-corrected chi connectivity index (χ1v) is 3.57. The zero-order chi connectivity index (χ0) is 9.14. The van der Waals surface area contributed by atoms with Crippen molar-refractivity contribution in [2.24, 2.45) is 0 Å². The molecule has 0 unspecified atom stereocenters. The smallest absolute Gasteiger partial charge is 0.280 e. The Kier molecular flexibility index (Phi) is 2.32. The summed E-state index contributed by atoms with van der Waals surface area (Å²) in [7, 11) is 1.48. The quantitative estimate of drug-likeness (QED) is 0.342. The molecule has 1 N–H and O–H groups in total. The summed E-state index contributed by atoms with van der Waals surface area (Å²) in [4.78, 5) is 22.1. The van der Waals surface area contributed by atoms with Gasteiger partial charge in [-0.2, -0.15) is 0 Å². The minimum atomic E-state index is -0.420. The molecule has 5 nitrogen and oxygen atoms in total. The Bertz CT molecular complexity index is 247. The highest BCUT2D eigenvalue weighted by Crippen LogP contribution is 2.06. The normalized spacial score (nSPS) is 20.2. The predicted molar refractivity (Wildman–Crippen MR) is 40.6 cm³/mol. The predicted octanol–water partition coefficient (Wildman–Crippen LogP) is -0.590. The van der Waals surface area contributed by atoms with Crippen molar-refractivity contribution in [3.8, 4) is 0 Å². The number of carbonyl (C=O) groups excluding carboxylic acids is 2. The van der Waals surface area contributed by atoms with Gasteiger partial charge < -0.3 is 4.74 Å². The van der Waals surface area contributed by atoms with Gasteiger partial charge in [-0.05, 0) is 6.92 Å². The fraction of sp³-hybridized carbons (Fsp3) is 0.429. The lowest BCUT2D eigenvalue weighted by Crippen LogP contribution is -2.31. The van der Waals surface area contributed by atoms with Crippen LogP contribution < -0.4 is 5.43 Å². The van der Waals surface area contributed by atoms with E-state index in [2.05, 4.69) is 5.43 Å². The molecule has 1 aliphatic heterocycles. The number of likely N-dealkylation sites (N-methyl/N-ethyl adjacent to an activating group) is 1. The second-order valence-electron chi connectivity index (χ2n) is 2.29. The van der Waals surface area contributed by atoms with E-state index in [0.717, 1.165) is 5.01 Å². The van der Waals surface area contributed by atoms with Crippen molar-refractivity contribution in [3.63, 3.8) is 0 Å². The molecule has 1 fully saturated rings. The average molecular weight is 170 g/mol. The molecule has 0 atom stereocenters. The van der Waals surface area contributed by atoms with Crippen LogP contribution in [-0.4, -0.2) is 30.5 Å². The molecule has 0 bridgehead atoms. The zero-order valence-corrected chi connectivity index (χ0v) is 6.96. The molecular formula is C7H10N2O3. The second-order valence-corrected chi connectivity index (χ2v) is 2.29. The van der Waals surface area contributed by atoms with Gasteiger partial charge in [0.25, 0.3) is 11.8 Å². The van der Waals surface area contributed by atoms with Gasteiger partial charge in [0.15, 0.2) is 0 Å². The standard InChI is InChI=1S/C7H10N2O3/c1-3-12-4-5-6(10)8-9(2)7(5)11/h4H,3H2,1-2H3,(H,8,10)/b5-4-. The lowest BCUT2D eigenvalue weighted by Gasteiger charge is -2.03. The number of nitrogens with zero attached hydrogens (tertiary/aromatic N) is 1. The highest BCUT2D eigenvalue weighted by molar-refractivity contribution is 6.22. The Balaban J connectivity index is 2.76. The van der Waals surface area contributed by atoms with Gasteiger partial charge in [-0.25, -0.2) is 0 Å². The number of hydrogen-bond acceptors (Lipinski definition) is 3. The Labute approximate surface area is 69.9 Å². The van der Waals surface area contributed by atoms with E-state index in [4.69, 9.17) is 4.74 Å². The topological polar surface area (TPSA) is 58.6 Å². The van der Waals surface area contributed by atoms with Crippen LogP contribution in [0.15, 0.2) is 11.8 Å². The number of amides is 2. The summed E-state index contributed by atoms with van der Waals surface area (Å²) < 4.78 is 4.84. The summed E-state index contributed by atoms with van der Waals surface area (Å²) in [6.07, 6.45) is 1.18. The monoisotopic (exact) mass is 170 g/mol. The Morgan fingerprint density at radius 2 is 2.25 bits per heavy atom. The maximum atomic E-state index is 11.1. The maximum absolute atomic E-state index is 11.1. The van der Waals surface area contributed by atoms with Crippen LogP contribution in [0.2, 0.25) is 0 Å². The molecule has 5 heteroatoms. The third kappa shape index (κ3) is 1.39. The van der Waals surface area contributed by atoms with Gasteiger partial charge in [0, 0.05) is 7.05 Å². The highest BCUT2D eigenvalue weighted by Gasteiger charge is 2.31. The molecule has 0 aromatic rings. The lowest BCUT2D eigenvalue weighted by atomic mass is 10.3. The molecule has 66 valence electrons. The molecule has 0 spiro atoms. The van der Waals surface area contributed by atoms with Gasteiger partial charge in [-0.15, -0.1) is 0 Å². The van der Waals surface area contributed by atoms with E-state index in [1.165, 1.54) is 13.3 Å². The largest absolute Gasteiger partial charge is 0.500 e. The number of carbonyl (C=O) groups is 2. The van der Waals surface area contributed by atoms with E-state index in [1.54, 1.807) is 6.92 Å². The van der Waals surface area contributed by atoms with E-state index >= 15 is 0 Å². The summed E-state index contributed by atoms with van der Waals surface area (Å²) in [5, 5.41) is 1.12. The van der Waals surface area contributed by atoms with E-state index in [-0.39, 0.29) is 11.5 Å². The molecule has 1 saturated heterocycles. The van der Waals surface area contributed by atoms with Crippen LogP contribution in [0.3, 0.4) is 0 Å². The third-order valence-electron chi connectivity index (χ3n) is 1.42. The third-order valence-corrected chi connectivity index (χ3v) is 1.42. The molecule has 0 aliphatic carbocycles. The molecule has 1 heterocycles. The van der Waals surface area contributed by atoms with E-state index in [1.807, 2.05) is 0 Å². The van der Waals surface area contributed by atoms with Gasteiger partial charge in [0.1, 0.15) is 11.8 Å². The average Bonchev–Trinajstić information content (AvgIpc) is 2.25. The van der Waals surface area contributed by atoms with Crippen LogP contribution >= 0.6 is 0 Å². The number of nitrogens with one attached hydrogen (secondary N) is 1. The zero-order valence-electron chi connectivity index (χ0n) is 6.96. The molecule has 0 aromatic carbocycles. The molecule has 1 rings (SSSR count). The molecule has 0 aromatic heterocycles. The van der Waals surface area contributed by atoms with Crippen molar-refractivity contribution < 1.29 is 14.3 Å². The maximum Gasteiger partial charge on any atom is 0.280 e. The molecule has 12 heavy (non-hydrogen) atoms. The first kappa shape index (κ1) is 8.58. The summed E-state index contributed by atoms with van der Waals surface area (Å²) in [5.74, 6) is -0.788. The molecule has 1 aliphatic rings. The van der Waals surface area contributed by atoms with Gasteiger partial charge in [-0.3, -0.25) is 20.0 Å². The number of ether oxygens (including phenoxy) is 1. The molecule has 0 radical (unpaired) electrons. The molecule has 2 amide bonds. The SMILES string of the molecule is CCO/C=C1/C(=O)NN(C)C1=O. The van der Waals surface area contributed by atoms with E-state index in [9.17, 15) is 9.59 Å². The van der Waals surface area contributed by atoms with Gasteiger partial charge >= 0.3 is 0 Å². The van der Waals surface area contributed by atoms with Gasteiger partial charge in [0.2, 0.25) is 0 Å². The Hall–Kier alpha value is -1.52. The Morgan fingerprint density at radius 3 is 2.67 bits per heavy atom. The first-order chi connectivity index (χ1) is 5.66. The van der Waals surface area contributed by atoms with Crippen molar-refractivity contribution in [2.75, 3.05) is 13.7 Å². The second kappa shape index (κ2) is 3.25. The fourth-order valence-corrected chi connectivity index (χ4v) is 0.812. The van der Waals surface area contributed by atoms with Crippen LogP contribution in [0.25, 0.3) is 0 Å². The van der Waals surface area contributed by atoms with Crippen LogP contribution in [0.5, 0.6) is 0 Å². The fourth-order valence-electron chi connectivity index (χ4n) is 0.812. The highest BCUT2D eigenvalue weighted by atomic mass is 16.5.